The Morgan fingerprint density at radius 2 is 1.97 bits per heavy atom. The number of pyridine rings is 2. The molecular weight excluding hydrogens is 431 g/mol. The maximum atomic E-state index is 13.4. The number of alkyl halides is 3. The number of rotatable bonds is 2. The van der Waals surface area contributed by atoms with E-state index < -0.39 is 11.7 Å². The number of anilines is 3. The molecule has 1 N–H and O–H groups in total. The van der Waals surface area contributed by atoms with Crippen LogP contribution in [0.2, 0.25) is 0 Å². The second kappa shape index (κ2) is 8.73. The van der Waals surface area contributed by atoms with Gasteiger partial charge in [0.25, 0.3) is 0 Å². The Bertz CT molecular complexity index is 1180. The van der Waals surface area contributed by atoms with Gasteiger partial charge in [-0.3, -0.25) is 9.88 Å². The average Bonchev–Trinajstić information content (AvgIpc) is 2.90. The first-order chi connectivity index (χ1) is 15.6. The first kappa shape index (κ1) is 22.6. The molecule has 1 aliphatic heterocycles. The van der Waals surface area contributed by atoms with Gasteiger partial charge >= 0.3 is 12.2 Å². The maximum absolute atomic E-state index is 13.4. The standard InChI is InChI=1S/C24H24F3N5O/c1-15-14-28-11-9-19(15)30-23(33)32-16(2)10-12-31(3)21-8-7-20(29-22(21)32)17-5-4-6-18(13-17)24(25,26)27/h4-9,11,13-14,16H,10,12H2,1-3H3,(H,28,30,33)/t16-/m1/s1. The lowest BCUT2D eigenvalue weighted by Gasteiger charge is -2.28. The number of benzene rings is 1. The van der Waals surface area contributed by atoms with Crippen molar-refractivity contribution in [3.8, 4) is 11.3 Å². The number of carbonyl (C=O) groups excluding carboxylic acids is 1. The SMILES string of the molecule is Cc1cnccc1NC(=O)N1c2nc(-c3cccc(C(F)(F)F)c3)ccc2N(C)CC[C@H]1C. The van der Waals surface area contributed by atoms with E-state index in [4.69, 9.17) is 0 Å². The van der Waals surface area contributed by atoms with Gasteiger partial charge in [-0.2, -0.15) is 13.2 Å². The highest BCUT2D eigenvalue weighted by atomic mass is 19.4. The molecular formula is C24H24F3N5O. The molecule has 1 aliphatic rings. The molecule has 0 spiro atoms. The lowest BCUT2D eigenvalue weighted by Crippen LogP contribution is -2.42. The molecule has 2 aromatic heterocycles. The minimum absolute atomic E-state index is 0.180. The van der Waals surface area contributed by atoms with Gasteiger partial charge in [0.15, 0.2) is 5.82 Å². The van der Waals surface area contributed by atoms with Crippen molar-refractivity contribution >= 4 is 23.2 Å². The molecule has 9 heteroatoms. The molecule has 2 amide bonds. The van der Waals surface area contributed by atoms with E-state index in [2.05, 4.69) is 15.3 Å². The molecule has 172 valence electrons. The number of aromatic nitrogens is 2. The maximum Gasteiger partial charge on any atom is 0.416 e. The van der Waals surface area contributed by atoms with Gasteiger partial charge in [-0.15, -0.1) is 0 Å². The van der Waals surface area contributed by atoms with E-state index in [1.54, 1.807) is 41.6 Å². The largest absolute Gasteiger partial charge is 0.416 e. The summed E-state index contributed by atoms with van der Waals surface area (Å²) < 4.78 is 39.7. The van der Waals surface area contributed by atoms with Crippen LogP contribution in [0.4, 0.5) is 35.2 Å². The molecule has 3 heterocycles. The summed E-state index contributed by atoms with van der Waals surface area (Å²) >= 11 is 0. The number of carbonyl (C=O) groups is 1. The summed E-state index contributed by atoms with van der Waals surface area (Å²) in [7, 11) is 1.91. The number of amides is 2. The third-order valence-electron chi connectivity index (χ3n) is 5.78. The van der Waals surface area contributed by atoms with E-state index in [-0.39, 0.29) is 12.1 Å². The molecule has 33 heavy (non-hydrogen) atoms. The third-order valence-corrected chi connectivity index (χ3v) is 5.78. The van der Waals surface area contributed by atoms with Crippen LogP contribution in [-0.2, 0) is 6.18 Å². The summed E-state index contributed by atoms with van der Waals surface area (Å²) in [5, 5.41) is 2.92. The third kappa shape index (κ3) is 4.62. The fourth-order valence-electron chi connectivity index (χ4n) is 3.86. The topological polar surface area (TPSA) is 61.4 Å². The van der Waals surface area contributed by atoms with Crippen molar-refractivity contribution < 1.29 is 18.0 Å². The fraction of sp³-hybridized carbons (Fsp3) is 0.292. The minimum Gasteiger partial charge on any atom is -0.372 e. The molecule has 0 saturated heterocycles. The lowest BCUT2D eigenvalue weighted by molar-refractivity contribution is -0.137. The smallest absolute Gasteiger partial charge is 0.372 e. The molecule has 0 radical (unpaired) electrons. The zero-order valence-corrected chi connectivity index (χ0v) is 18.5. The summed E-state index contributed by atoms with van der Waals surface area (Å²) in [6.07, 6.45) is -0.493. The van der Waals surface area contributed by atoms with Crippen molar-refractivity contribution in [3.05, 3.63) is 66.0 Å². The highest BCUT2D eigenvalue weighted by molar-refractivity contribution is 6.04. The van der Waals surface area contributed by atoms with E-state index in [0.29, 0.717) is 35.7 Å². The van der Waals surface area contributed by atoms with E-state index in [1.165, 1.54) is 6.07 Å². The number of nitrogens with zero attached hydrogens (tertiary/aromatic N) is 4. The number of urea groups is 1. The van der Waals surface area contributed by atoms with Crippen LogP contribution in [0.5, 0.6) is 0 Å². The van der Waals surface area contributed by atoms with Gasteiger partial charge < -0.3 is 10.2 Å². The van der Waals surface area contributed by atoms with Crippen molar-refractivity contribution in [2.24, 2.45) is 0 Å². The van der Waals surface area contributed by atoms with Crippen molar-refractivity contribution in [2.45, 2.75) is 32.5 Å². The molecule has 6 nitrogen and oxygen atoms in total. The number of aryl methyl sites for hydroxylation is 1. The number of hydrogen-bond donors (Lipinski definition) is 1. The Morgan fingerprint density at radius 1 is 1.18 bits per heavy atom. The van der Waals surface area contributed by atoms with Crippen LogP contribution in [0, 0.1) is 6.92 Å². The first-order valence-corrected chi connectivity index (χ1v) is 10.6. The predicted octanol–water partition coefficient (Wildman–Crippen LogP) is 5.74. The minimum atomic E-state index is -4.45. The van der Waals surface area contributed by atoms with Crippen molar-refractivity contribution in [2.75, 3.05) is 28.7 Å². The Kier molecular flexibility index (Phi) is 5.97. The Hall–Kier alpha value is -3.62. The zero-order chi connectivity index (χ0) is 23.8. The van der Waals surface area contributed by atoms with Gasteiger partial charge in [-0.1, -0.05) is 12.1 Å². The first-order valence-electron chi connectivity index (χ1n) is 10.6. The highest BCUT2D eigenvalue weighted by Gasteiger charge is 2.32. The van der Waals surface area contributed by atoms with Crippen molar-refractivity contribution in [1.29, 1.82) is 0 Å². The fourth-order valence-corrected chi connectivity index (χ4v) is 3.86. The molecule has 0 saturated carbocycles. The Balaban J connectivity index is 1.77. The van der Waals surface area contributed by atoms with Crippen LogP contribution in [0.25, 0.3) is 11.3 Å². The quantitative estimate of drug-likeness (QED) is 0.536. The summed E-state index contributed by atoms with van der Waals surface area (Å²) in [6.45, 7) is 4.48. The normalized spacial score (nSPS) is 16.2. The summed E-state index contributed by atoms with van der Waals surface area (Å²) in [5.41, 5.74) is 2.13. The Labute approximate surface area is 190 Å². The Morgan fingerprint density at radius 3 is 2.70 bits per heavy atom. The van der Waals surface area contributed by atoms with E-state index >= 15 is 0 Å². The number of halogens is 3. The lowest BCUT2D eigenvalue weighted by atomic mass is 10.1. The van der Waals surface area contributed by atoms with Gasteiger partial charge in [-0.05, 0) is 56.2 Å². The summed E-state index contributed by atoms with van der Waals surface area (Å²) in [6, 6.07) is 9.70. The zero-order valence-electron chi connectivity index (χ0n) is 18.5. The van der Waals surface area contributed by atoms with Gasteiger partial charge in [0.05, 0.1) is 16.9 Å². The molecule has 0 aliphatic carbocycles. The molecule has 3 aromatic rings. The summed E-state index contributed by atoms with van der Waals surface area (Å²) in [5.74, 6) is 0.404. The highest BCUT2D eigenvalue weighted by Crippen LogP contribution is 2.37. The summed E-state index contributed by atoms with van der Waals surface area (Å²) in [4.78, 5) is 25.7. The second-order valence-electron chi connectivity index (χ2n) is 8.17. The monoisotopic (exact) mass is 455 g/mol. The van der Waals surface area contributed by atoms with Crippen LogP contribution < -0.4 is 15.1 Å². The van der Waals surface area contributed by atoms with Crippen LogP contribution in [0.15, 0.2) is 54.9 Å². The molecule has 0 unspecified atom stereocenters. The van der Waals surface area contributed by atoms with Crippen LogP contribution in [0.3, 0.4) is 0 Å². The van der Waals surface area contributed by atoms with Gasteiger partial charge in [0.1, 0.15) is 0 Å². The van der Waals surface area contributed by atoms with Gasteiger partial charge in [0.2, 0.25) is 0 Å². The average molecular weight is 455 g/mol. The molecule has 4 rings (SSSR count). The number of fused-ring (bicyclic) bond motifs is 1. The predicted molar refractivity (Wildman–Crippen MR) is 122 cm³/mol. The van der Waals surface area contributed by atoms with E-state index in [9.17, 15) is 18.0 Å². The molecule has 1 atom stereocenters. The molecule has 0 bridgehead atoms. The molecule has 1 aromatic carbocycles. The van der Waals surface area contributed by atoms with Crippen LogP contribution >= 0.6 is 0 Å². The van der Waals surface area contributed by atoms with Crippen molar-refractivity contribution in [3.63, 3.8) is 0 Å². The number of hydrogen-bond acceptors (Lipinski definition) is 4. The van der Waals surface area contributed by atoms with Crippen molar-refractivity contribution in [1.82, 2.24) is 9.97 Å². The van der Waals surface area contributed by atoms with Gasteiger partial charge in [-0.25, -0.2) is 9.78 Å². The van der Waals surface area contributed by atoms with E-state index in [1.807, 2.05) is 25.8 Å². The number of nitrogens with one attached hydrogen (secondary N) is 1. The second-order valence-corrected chi connectivity index (χ2v) is 8.17. The van der Waals surface area contributed by atoms with Crippen LogP contribution in [0.1, 0.15) is 24.5 Å². The van der Waals surface area contributed by atoms with E-state index in [0.717, 1.165) is 23.4 Å². The van der Waals surface area contributed by atoms with Crippen LogP contribution in [-0.4, -0.2) is 35.6 Å². The molecule has 0 fully saturated rings. The van der Waals surface area contributed by atoms with Gasteiger partial charge in [0, 0.05) is 43.3 Å².